The molecule has 0 aliphatic rings. The highest BCUT2D eigenvalue weighted by Crippen LogP contribution is 2.25. The maximum Gasteiger partial charge on any atom is 0.343 e. The van der Waals surface area contributed by atoms with E-state index in [2.05, 4.69) is 6.58 Å². The summed E-state index contributed by atoms with van der Waals surface area (Å²) in [4.78, 5) is 23.3. The summed E-state index contributed by atoms with van der Waals surface area (Å²) < 4.78 is 20.4. The summed E-state index contributed by atoms with van der Waals surface area (Å²) in [6, 6.07) is 20.6. The van der Waals surface area contributed by atoms with E-state index in [4.69, 9.17) is 24.1 Å². The normalized spacial score (nSPS) is 10.1. The van der Waals surface area contributed by atoms with Gasteiger partial charge in [-0.05, 0) is 59.7 Å². The highest BCUT2D eigenvalue weighted by molar-refractivity contribution is 5.91. The second-order valence-electron chi connectivity index (χ2n) is 6.17. The van der Waals surface area contributed by atoms with Crippen molar-refractivity contribution in [2.45, 2.75) is 0 Å². The van der Waals surface area contributed by atoms with Gasteiger partial charge >= 0.3 is 11.9 Å². The molecule has 0 aromatic heterocycles. The first-order chi connectivity index (χ1) is 15.1. The molecule has 7 nitrogen and oxygen atoms in total. The van der Waals surface area contributed by atoms with Crippen LogP contribution in [0.1, 0.15) is 10.4 Å². The minimum absolute atomic E-state index is 0.252. The molecule has 0 heterocycles. The number of aliphatic hydroxyl groups is 1. The average molecular weight is 420 g/mol. The fraction of sp³-hybridized carbons (Fsp3) is 0.0833. The van der Waals surface area contributed by atoms with Crippen LogP contribution in [0.25, 0.3) is 11.1 Å². The smallest absolute Gasteiger partial charge is 0.343 e. The molecular weight excluding hydrogens is 400 g/mol. The molecule has 0 aliphatic carbocycles. The molecule has 31 heavy (non-hydrogen) atoms. The topological polar surface area (TPSA) is 91.3 Å². The Labute approximate surface area is 179 Å². The molecule has 0 amide bonds. The largest absolute Gasteiger partial charge is 0.468 e. The average Bonchev–Trinajstić information content (AvgIpc) is 2.80. The number of carbonyl (C=O) groups excluding carboxylic acids is 2. The molecule has 0 aliphatic heterocycles. The van der Waals surface area contributed by atoms with Crippen LogP contribution in [-0.4, -0.2) is 30.6 Å². The fourth-order valence-electron chi connectivity index (χ4n) is 2.60. The first-order valence-electron chi connectivity index (χ1n) is 9.27. The van der Waals surface area contributed by atoms with E-state index in [1.807, 2.05) is 24.3 Å². The van der Waals surface area contributed by atoms with Crippen molar-refractivity contribution in [1.29, 1.82) is 0 Å². The van der Waals surface area contributed by atoms with E-state index >= 15 is 0 Å². The lowest BCUT2D eigenvalue weighted by atomic mass is 10.1. The Balaban J connectivity index is 1.56. The molecule has 3 aromatic rings. The van der Waals surface area contributed by atoms with E-state index < -0.39 is 11.9 Å². The Hall–Kier alpha value is -4.10. The van der Waals surface area contributed by atoms with Gasteiger partial charge < -0.3 is 24.1 Å². The van der Waals surface area contributed by atoms with Gasteiger partial charge in [0, 0.05) is 6.08 Å². The van der Waals surface area contributed by atoms with Crippen LogP contribution in [0, 0.1) is 0 Å². The molecule has 0 saturated carbocycles. The van der Waals surface area contributed by atoms with Crippen molar-refractivity contribution in [1.82, 2.24) is 0 Å². The summed E-state index contributed by atoms with van der Waals surface area (Å²) in [6.45, 7) is 2.66. The first-order valence-corrected chi connectivity index (χ1v) is 9.27. The Morgan fingerprint density at radius 1 is 0.774 bits per heavy atom. The summed E-state index contributed by atoms with van der Waals surface area (Å²) in [5.41, 5.74) is 2.24. The van der Waals surface area contributed by atoms with E-state index in [1.165, 1.54) is 0 Å². The maximum atomic E-state index is 12.3. The molecule has 3 rings (SSSR count). The molecule has 3 aromatic carbocycles. The minimum atomic E-state index is -0.584. The van der Waals surface area contributed by atoms with Crippen LogP contribution in [0.15, 0.2) is 85.5 Å². The second-order valence-corrected chi connectivity index (χ2v) is 6.17. The second kappa shape index (κ2) is 10.6. The van der Waals surface area contributed by atoms with Gasteiger partial charge in [-0.1, -0.05) is 30.8 Å². The Bertz CT molecular complexity index is 1020. The highest BCUT2D eigenvalue weighted by Gasteiger charge is 2.09. The highest BCUT2D eigenvalue weighted by atomic mass is 16.7. The van der Waals surface area contributed by atoms with Crippen molar-refractivity contribution in [3.05, 3.63) is 91.0 Å². The number of aliphatic hydroxyl groups excluding tert-OH is 1. The molecule has 158 valence electrons. The van der Waals surface area contributed by atoms with Crippen LogP contribution in [-0.2, 0) is 9.53 Å². The third-order valence-electron chi connectivity index (χ3n) is 4.17. The van der Waals surface area contributed by atoms with Crippen LogP contribution in [0.5, 0.6) is 17.2 Å². The summed E-state index contributed by atoms with van der Waals surface area (Å²) in [7, 11) is 0. The lowest BCUT2D eigenvalue weighted by molar-refractivity contribution is -0.144. The predicted octanol–water partition coefficient (Wildman–Crippen LogP) is 3.97. The van der Waals surface area contributed by atoms with Gasteiger partial charge in [-0.3, -0.25) is 0 Å². The van der Waals surface area contributed by atoms with Gasteiger partial charge in [-0.2, -0.15) is 0 Å². The van der Waals surface area contributed by atoms with Gasteiger partial charge in [-0.25, -0.2) is 9.59 Å². The van der Waals surface area contributed by atoms with Gasteiger partial charge in [-0.15, -0.1) is 0 Å². The van der Waals surface area contributed by atoms with Gasteiger partial charge in [0.1, 0.15) is 17.2 Å². The van der Waals surface area contributed by atoms with Gasteiger partial charge in [0.25, 0.3) is 0 Å². The van der Waals surface area contributed by atoms with E-state index in [-0.39, 0.29) is 13.6 Å². The zero-order chi connectivity index (χ0) is 22.1. The van der Waals surface area contributed by atoms with Crippen LogP contribution < -0.4 is 14.2 Å². The van der Waals surface area contributed by atoms with Crippen LogP contribution in [0.3, 0.4) is 0 Å². The third-order valence-corrected chi connectivity index (χ3v) is 4.17. The van der Waals surface area contributed by atoms with Crippen LogP contribution >= 0.6 is 0 Å². The summed E-state index contributed by atoms with van der Waals surface area (Å²) in [5, 5.41) is 8.78. The van der Waals surface area contributed by atoms with Crippen molar-refractivity contribution >= 4 is 11.9 Å². The Morgan fingerprint density at radius 3 is 1.84 bits per heavy atom. The molecule has 0 unspecified atom stereocenters. The number of benzene rings is 3. The standard InChI is InChI=1S/C24H20O7/c1-2-23(26)30-16-29-21-11-7-19(8-12-21)24(27)31-22-13-5-18(6-14-22)17-3-9-20(10-4-17)28-15-25/h2-14,25H,1,15-16H2. The van der Waals surface area contributed by atoms with E-state index in [1.54, 1.807) is 48.5 Å². The Morgan fingerprint density at radius 2 is 1.29 bits per heavy atom. The quantitative estimate of drug-likeness (QED) is 0.242. The zero-order valence-electron chi connectivity index (χ0n) is 16.5. The van der Waals surface area contributed by atoms with Crippen molar-refractivity contribution in [3.63, 3.8) is 0 Å². The monoisotopic (exact) mass is 420 g/mol. The molecule has 0 atom stereocenters. The molecule has 0 saturated heterocycles. The molecule has 0 radical (unpaired) electrons. The predicted molar refractivity (Wildman–Crippen MR) is 113 cm³/mol. The van der Waals surface area contributed by atoms with Gasteiger partial charge in [0.05, 0.1) is 5.56 Å². The number of rotatable bonds is 9. The van der Waals surface area contributed by atoms with E-state index in [0.29, 0.717) is 22.8 Å². The van der Waals surface area contributed by atoms with Gasteiger partial charge in [0.2, 0.25) is 6.79 Å². The minimum Gasteiger partial charge on any atom is -0.468 e. The van der Waals surface area contributed by atoms with Crippen molar-refractivity contribution in [2.24, 2.45) is 0 Å². The van der Waals surface area contributed by atoms with Gasteiger partial charge in [0.15, 0.2) is 6.79 Å². The molecule has 7 heteroatoms. The molecule has 0 fully saturated rings. The third kappa shape index (κ3) is 6.19. The fourth-order valence-corrected chi connectivity index (χ4v) is 2.60. The maximum absolute atomic E-state index is 12.3. The van der Waals surface area contributed by atoms with Crippen molar-refractivity contribution < 1.29 is 33.6 Å². The van der Waals surface area contributed by atoms with E-state index in [9.17, 15) is 9.59 Å². The molecule has 0 spiro atoms. The SMILES string of the molecule is C=CC(=O)OCOc1ccc(C(=O)Oc2ccc(-c3ccc(OCO)cc3)cc2)cc1. The number of ether oxygens (including phenoxy) is 4. The number of hydrogen-bond donors (Lipinski definition) is 1. The number of esters is 2. The van der Waals surface area contributed by atoms with Crippen LogP contribution in [0.2, 0.25) is 0 Å². The molecule has 0 bridgehead atoms. The van der Waals surface area contributed by atoms with Crippen LogP contribution in [0.4, 0.5) is 0 Å². The van der Waals surface area contributed by atoms with Crippen molar-refractivity contribution in [3.8, 4) is 28.4 Å². The zero-order valence-corrected chi connectivity index (χ0v) is 16.5. The van der Waals surface area contributed by atoms with Crippen molar-refractivity contribution in [2.75, 3.05) is 13.6 Å². The number of carbonyl (C=O) groups is 2. The molecule has 1 N–H and O–H groups in total. The first kappa shape index (κ1) is 21.6. The molecular formula is C24H20O7. The summed E-state index contributed by atoms with van der Waals surface area (Å²) >= 11 is 0. The van der Waals surface area contributed by atoms with E-state index in [0.717, 1.165) is 17.2 Å². The lowest BCUT2D eigenvalue weighted by Gasteiger charge is -2.08. The lowest BCUT2D eigenvalue weighted by Crippen LogP contribution is -2.09. The number of hydrogen-bond acceptors (Lipinski definition) is 7. The summed E-state index contributed by atoms with van der Waals surface area (Å²) in [6.07, 6.45) is 1.04. The summed E-state index contributed by atoms with van der Waals surface area (Å²) in [5.74, 6) is 0.326. The Kier molecular flexibility index (Phi) is 7.40.